The van der Waals surface area contributed by atoms with Crippen molar-refractivity contribution in [2.24, 2.45) is 5.41 Å². The second-order valence-electron chi connectivity index (χ2n) is 10.6. The summed E-state index contributed by atoms with van der Waals surface area (Å²) in [6.07, 6.45) is 5.85. The number of carbonyl (C=O) groups is 3. The van der Waals surface area contributed by atoms with Gasteiger partial charge in [0.1, 0.15) is 12.4 Å². The maximum absolute atomic E-state index is 13.8. The van der Waals surface area contributed by atoms with E-state index in [0.717, 1.165) is 30.2 Å². The third-order valence-corrected chi connectivity index (χ3v) is 8.15. The van der Waals surface area contributed by atoms with E-state index in [1.54, 1.807) is 17.0 Å². The molecule has 3 amide bonds. The first-order valence-electron chi connectivity index (χ1n) is 13.9. The predicted molar refractivity (Wildman–Crippen MR) is 148 cm³/mol. The summed E-state index contributed by atoms with van der Waals surface area (Å²) in [5.41, 5.74) is 1.04. The highest BCUT2D eigenvalue weighted by Crippen LogP contribution is 2.39. The Bertz CT molecular complexity index is 1330. The molecular formula is C30H37N5O4. The molecule has 39 heavy (non-hydrogen) atoms. The number of nitrogens with zero attached hydrogens (tertiary/aromatic N) is 4. The summed E-state index contributed by atoms with van der Waals surface area (Å²) in [4.78, 5) is 43.2. The first-order chi connectivity index (χ1) is 19.0. The standard InChI is InChI=1S/C30H37N5O4/c1-33-20-21-39-26-11-5-3-9-24(26)28(37)31-16-7-6-13-30(29(33)38)14-18-34(19-15-30)27(36)12-17-35-25-10-4-2-8-23(25)22-32-35/h2-5,8-11,22H,6-7,12-21H2,1H3,(H,31,37). The maximum Gasteiger partial charge on any atom is 0.255 e. The number of carbonyl (C=O) groups excluding carboxylic acids is 3. The van der Waals surface area contributed by atoms with Gasteiger partial charge in [0.25, 0.3) is 5.91 Å². The molecule has 2 aliphatic rings. The van der Waals surface area contributed by atoms with Crippen molar-refractivity contribution in [1.82, 2.24) is 24.9 Å². The number of nitrogens with one attached hydrogen (secondary N) is 1. The number of para-hydroxylation sites is 2. The van der Waals surface area contributed by atoms with Crippen LogP contribution in [0.5, 0.6) is 5.75 Å². The third kappa shape index (κ3) is 5.92. The van der Waals surface area contributed by atoms with Gasteiger partial charge in [0.2, 0.25) is 11.8 Å². The lowest BCUT2D eigenvalue weighted by Crippen LogP contribution is -2.51. The summed E-state index contributed by atoms with van der Waals surface area (Å²) < 4.78 is 7.80. The number of fused-ring (bicyclic) bond motifs is 2. The van der Waals surface area contributed by atoms with Gasteiger partial charge in [0.05, 0.1) is 35.8 Å². The Hall–Kier alpha value is -3.88. The summed E-state index contributed by atoms with van der Waals surface area (Å²) in [6.45, 7) is 2.94. The minimum atomic E-state index is -0.504. The Morgan fingerprint density at radius 3 is 2.62 bits per heavy atom. The van der Waals surface area contributed by atoms with Crippen LogP contribution in [0.25, 0.3) is 10.9 Å². The van der Waals surface area contributed by atoms with Crippen molar-refractivity contribution in [3.05, 3.63) is 60.3 Å². The van der Waals surface area contributed by atoms with E-state index in [-0.39, 0.29) is 17.7 Å². The van der Waals surface area contributed by atoms with Gasteiger partial charge < -0.3 is 19.9 Å². The molecule has 2 aromatic carbocycles. The summed E-state index contributed by atoms with van der Waals surface area (Å²) in [5, 5.41) is 8.49. The third-order valence-electron chi connectivity index (χ3n) is 8.15. The average Bonchev–Trinajstić information content (AvgIpc) is 3.38. The van der Waals surface area contributed by atoms with Crippen LogP contribution in [0.1, 0.15) is 48.9 Å². The maximum atomic E-state index is 13.8. The van der Waals surface area contributed by atoms with Crippen LogP contribution in [0.3, 0.4) is 0 Å². The molecule has 0 radical (unpaired) electrons. The van der Waals surface area contributed by atoms with Gasteiger partial charge in [-0.05, 0) is 43.9 Å². The largest absolute Gasteiger partial charge is 0.491 e. The van der Waals surface area contributed by atoms with Crippen LogP contribution >= 0.6 is 0 Å². The van der Waals surface area contributed by atoms with Crippen molar-refractivity contribution >= 4 is 28.6 Å². The number of aryl methyl sites for hydroxylation is 1. The molecule has 0 saturated carbocycles. The van der Waals surface area contributed by atoms with Crippen molar-refractivity contribution in [2.45, 2.75) is 45.1 Å². The highest BCUT2D eigenvalue weighted by atomic mass is 16.5. The fourth-order valence-corrected chi connectivity index (χ4v) is 5.78. The zero-order valence-electron chi connectivity index (χ0n) is 22.6. The smallest absolute Gasteiger partial charge is 0.255 e. The van der Waals surface area contributed by atoms with E-state index in [4.69, 9.17) is 4.74 Å². The topological polar surface area (TPSA) is 96.8 Å². The van der Waals surface area contributed by atoms with Gasteiger partial charge in [0.15, 0.2) is 0 Å². The van der Waals surface area contributed by atoms with Gasteiger partial charge in [-0.15, -0.1) is 0 Å². The van der Waals surface area contributed by atoms with E-state index in [2.05, 4.69) is 10.4 Å². The van der Waals surface area contributed by atoms with E-state index >= 15 is 0 Å². The molecule has 1 N–H and O–H groups in total. The van der Waals surface area contributed by atoms with Crippen LogP contribution in [0.4, 0.5) is 0 Å². The van der Waals surface area contributed by atoms with Crippen molar-refractivity contribution in [2.75, 3.05) is 39.8 Å². The number of ether oxygens (including phenoxy) is 1. The Morgan fingerprint density at radius 2 is 1.77 bits per heavy atom. The van der Waals surface area contributed by atoms with Crippen LogP contribution in [0.15, 0.2) is 54.7 Å². The number of benzene rings is 2. The van der Waals surface area contributed by atoms with E-state index in [1.807, 2.05) is 59.2 Å². The van der Waals surface area contributed by atoms with Gasteiger partial charge >= 0.3 is 0 Å². The van der Waals surface area contributed by atoms with Gasteiger partial charge in [-0.25, -0.2) is 0 Å². The lowest BCUT2D eigenvalue weighted by molar-refractivity contribution is -0.148. The van der Waals surface area contributed by atoms with Crippen molar-refractivity contribution < 1.29 is 19.1 Å². The number of likely N-dealkylation sites (N-methyl/N-ethyl adjacent to an activating group) is 1. The zero-order chi connectivity index (χ0) is 27.2. The number of likely N-dealkylation sites (tertiary alicyclic amines) is 1. The molecule has 0 atom stereocenters. The SMILES string of the molecule is CN1CCOc2ccccc2C(=O)NCCCCC2(CCN(C(=O)CCn3ncc4ccccc43)CC2)C1=O. The second kappa shape index (κ2) is 11.9. The highest BCUT2D eigenvalue weighted by Gasteiger charge is 2.43. The normalized spacial score (nSPS) is 18.8. The molecule has 0 bridgehead atoms. The van der Waals surface area contributed by atoms with Gasteiger partial charge in [-0.3, -0.25) is 19.1 Å². The average molecular weight is 532 g/mol. The van der Waals surface area contributed by atoms with E-state index in [9.17, 15) is 14.4 Å². The minimum Gasteiger partial charge on any atom is -0.491 e. The first kappa shape index (κ1) is 26.7. The quantitative estimate of drug-likeness (QED) is 0.558. The van der Waals surface area contributed by atoms with Gasteiger partial charge in [-0.1, -0.05) is 36.8 Å². The molecule has 1 fully saturated rings. The fourth-order valence-electron chi connectivity index (χ4n) is 5.78. The number of hydrogen-bond donors (Lipinski definition) is 1. The number of hydrogen-bond acceptors (Lipinski definition) is 5. The molecular weight excluding hydrogens is 494 g/mol. The van der Waals surface area contributed by atoms with Gasteiger partial charge in [0, 0.05) is 38.5 Å². The Kier molecular flexibility index (Phi) is 8.14. The molecule has 9 nitrogen and oxygen atoms in total. The molecule has 0 unspecified atom stereocenters. The van der Waals surface area contributed by atoms with E-state index < -0.39 is 5.41 Å². The van der Waals surface area contributed by atoms with Crippen LogP contribution in [0.2, 0.25) is 0 Å². The fraction of sp³-hybridized carbons (Fsp3) is 0.467. The van der Waals surface area contributed by atoms with E-state index in [0.29, 0.717) is 69.9 Å². The number of aromatic nitrogens is 2. The number of piperidine rings is 1. The molecule has 3 heterocycles. The molecule has 9 heteroatoms. The molecule has 1 aromatic heterocycles. The Morgan fingerprint density at radius 1 is 1.00 bits per heavy atom. The summed E-state index contributed by atoms with van der Waals surface area (Å²) in [6, 6.07) is 15.2. The summed E-state index contributed by atoms with van der Waals surface area (Å²) >= 11 is 0. The van der Waals surface area contributed by atoms with Crippen LogP contribution in [-0.2, 0) is 16.1 Å². The molecule has 1 saturated heterocycles. The van der Waals surface area contributed by atoms with Crippen LogP contribution < -0.4 is 10.1 Å². The zero-order valence-corrected chi connectivity index (χ0v) is 22.6. The van der Waals surface area contributed by atoms with Crippen LogP contribution in [0, 0.1) is 5.41 Å². The summed E-state index contributed by atoms with van der Waals surface area (Å²) in [5.74, 6) is 0.603. The highest BCUT2D eigenvalue weighted by molar-refractivity contribution is 5.96. The van der Waals surface area contributed by atoms with Gasteiger partial charge in [-0.2, -0.15) is 5.10 Å². The Balaban J connectivity index is 1.21. The number of amides is 3. The van der Waals surface area contributed by atoms with Crippen molar-refractivity contribution in [1.29, 1.82) is 0 Å². The molecule has 3 aromatic rings. The monoisotopic (exact) mass is 531 g/mol. The molecule has 1 spiro atoms. The second-order valence-corrected chi connectivity index (χ2v) is 10.6. The van der Waals surface area contributed by atoms with Crippen molar-refractivity contribution in [3.8, 4) is 5.75 Å². The van der Waals surface area contributed by atoms with Crippen molar-refractivity contribution in [3.63, 3.8) is 0 Å². The first-order valence-corrected chi connectivity index (χ1v) is 13.9. The molecule has 5 rings (SSSR count). The molecule has 2 aliphatic heterocycles. The molecule has 206 valence electrons. The van der Waals surface area contributed by atoms with Crippen LogP contribution in [-0.4, -0.2) is 77.1 Å². The van der Waals surface area contributed by atoms with E-state index in [1.165, 1.54) is 0 Å². The minimum absolute atomic E-state index is 0.0981. The predicted octanol–water partition coefficient (Wildman–Crippen LogP) is 3.49. The lowest BCUT2D eigenvalue weighted by atomic mass is 9.73. The molecule has 0 aliphatic carbocycles. The Labute approximate surface area is 229 Å². The number of rotatable bonds is 3. The summed E-state index contributed by atoms with van der Waals surface area (Å²) in [7, 11) is 1.82. The lowest BCUT2D eigenvalue weighted by Gasteiger charge is -2.43.